The summed E-state index contributed by atoms with van der Waals surface area (Å²) in [7, 11) is -8.75. The smallest absolute Gasteiger partial charge is 0.295 e. The predicted octanol–water partition coefficient (Wildman–Crippen LogP) is 4.44. The summed E-state index contributed by atoms with van der Waals surface area (Å²) in [6.45, 7) is 0. The Morgan fingerprint density at radius 1 is 0.632 bits per heavy atom. The number of fused-ring (bicyclic) bond motifs is 2. The Labute approximate surface area is 222 Å². The molecule has 0 spiro atoms. The number of hydrogen-bond acceptors (Lipinski definition) is 14. The second-order valence-corrected chi connectivity index (χ2v) is 11.4. The Morgan fingerprint density at radius 3 is 1.76 bits per heavy atom. The molecule has 4 aromatic carbocycles. The third-order valence-corrected chi connectivity index (χ3v) is 7.56. The van der Waals surface area contributed by atoms with Crippen molar-refractivity contribution in [3.8, 4) is 11.5 Å². The molecule has 0 radical (unpaired) electrons. The van der Waals surface area contributed by atoms with Gasteiger partial charge in [-0.25, -0.2) is 10.5 Å². The fourth-order valence-electron chi connectivity index (χ4n) is 3.20. The van der Waals surface area contributed by atoms with E-state index in [4.69, 9.17) is 19.6 Å². The van der Waals surface area contributed by atoms with Crippen molar-refractivity contribution in [3.63, 3.8) is 0 Å². The number of benzene rings is 4. The minimum atomic E-state index is -4.43. The van der Waals surface area contributed by atoms with Crippen LogP contribution in [0.15, 0.2) is 80.2 Å². The van der Waals surface area contributed by atoms with Gasteiger partial charge in [-0.1, -0.05) is 22.2 Å². The zero-order valence-electron chi connectivity index (χ0n) is 18.4. The van der Waals surface area contributed by atoms with Crippen LogP contribution in [0.5, 0.6) is 11.5 Å². The van der Waals surface area contributed by atoms with Crippen molar-refractivity contribution in [2.75, 3.05) is 0 Å². The molecule has 0 saturated heterocycles. The zero-order valence-corrected chi connectivity index (χ0v) is 21.6. The van der Waals surface area contributed by atoms with E-state index in [1.165, 1.54) is 60.7 Å². The van der Waals surface area contributed by atoms with Gasteiger partial charge in [0, 0.05) is 25.9 Å². The molecule has 4 rings (SSSR count). The average Bonchev–Trinajstić information content (AvgIpc) is 2.85. The van der Waals surface area contributed by atoms with Gasteiger partial charge >= 0.3 is 0 Å². The van der Waals surface area contributed by atoms with Crippen LogP contribution >= 0.6 is 24.1 Å². The monoisotopic (exact) mass is 608 g/mol. The third-order valence-electron chi connectivity index (χ3n) is 4.68. The van der Waals surface area contributed by atoms with E-state index in [1.807, 2.05) is 0 Å². The molecular weight excluding hydrogens is 592 g/mol. The molecule has 18 heteroatoms. The van der Waals surface area contributed by atoms with Crippen molar-refractivity contribution in [1.29, 1.82) is 0 Å². The first-order valence-corrected chi connectivity index (χ1v) is 14.0. The van der Waals surface area contributed by atoms with Crippen LogP contribution in [0.2, 0.25) is 0 Å². The largest absolute Gasteiger partial charge is 0.507 e. The lowest BCUT2D eigenvalue weighted by Crippen LogP contribution is -1.99. The van der Waals surface area contributed by atoms with E-state index in [1.54, 1.807) is 0 Å². The number of phenols is 2. The second kappa shape index (κ2) is 12.4. The van der Waals surface area contributed by atoms with Crippen molar-refractivity contribution in [1.82, 2.24) is 0 Å². The summed E-state index contributed by atoms with van der Waals surface area (Å²) in [5, 5.41) is 43.6. The SMILES string of the molecule is O=S(=O)(O)c1ccc2c(O)cc(SOOO)cc2c1.O=S(=O)(O)c1cccc2c(O)cc(SOOO)cc12. The van der Waals surface area contributed by atoms with Gasteiger partial charge < -0.3 is 10.2 Å². The maximum Gasteiger partial charge on any atom is 0.295 e. The summed E-state index contributed by atoms with van der Waals surface area (Å²) in [5.74, 6) is -0.310. The molecule has 0 amide bonds. The van der Waals surface area contributed by atoms with Crippen molar-refractivity contribution >= 4 is 65.9 Å². The van der Waals surface area contributed by atoms with Gasteiger partial charge in [0.15, 0.2) is 0 Å². The topological polar surface area (TPSA) is 227 Å². The third kappa shape index (κ3) is 7.44. The summed E-state index contributed by atoms with van der Waals surface area (Å²) in [4.78, 5) is 0.00947. The molecule has 14 nitrogen and oxygen atoms in total. The molecule has 204 valence electrons. The van der Waals surface area contributed by atoms with Gasteiger partial charge in [0.25, 0.3) is 20.2 Å². The summed E-state index contributed by atoms with van der Waals surface area (Å²) < 4.78 is 71.1. The molecule has 0 bridgehead atoms. The summed E-state index contributed by atoms with van der Waals surface area (Å²) in [6, 6.07) is 13.3. The lowest BCUT2D eigenvalue weighted by molar-refractivity contribution is -0.432. The van der Waals surface area contributed by atoms with Crippen LogP contribution in [0.25, 0.3) is 21.5 Å². The molecule has 0 aliphatic rings. The lowest BCUT2D eigenvalue weighted by Gasteiger charge is -2.07. The number of hydrogen-bond donors (Lipinski definition) is 6. The molecular formula is C20H16O14S4. The van der Waals surface area contributed by atoms with E-state index >= 15 is 0 Å². The average molecular weight is 609 g/mol. The Bertz CT molecular complexity index is 1670. The van der Waals surface area contributed by atoms with Crippen molar-refractivity contribution in [2.24, 2.45) is 0 Å². The number of aromatic hydroxyl groups is 2. The summed E-state index contributed by atoms with van der Waals surface area (Å²) >= 11 is 1.18. The van der Waals surface area contributed by atoms with E-state index in [0.29, 0.717) is 39.8 Å². The van der Waals surface area contributed by atoms with Gasteiger partial charge in [-0.05, 0) is 53.9 Å². The fourth-order valence-corrected chi connectivity index (χ4v) is 5.30. The molecule has 6 N–H and O–H groups in total. The Hall–Kier alpha value is -2.72. The van der Waals surface area contributed by atoms with Gasteiger partial charge in [-0.15, -0.1) is 8.67 Å². The highest BCUT2D eigenvalue weighted by molar-refractivity contribution is 7.94. The van der Waals surface area contributed by atoms with Crippen LogP contribution in [-0.4, -0.2) is 46.7 Å². The first-order valence-electron chi connectivity index (χ1n) is 9.62. The lowest BCUT2D eigenvalue weighted by atomic mass is 10.1. The maximum atomic E-state index is 11.3. The standard InChI is InChI=1S/2C10H8O7S2/c11-10-5-7(18-17-16-12)3-6-4-8(19(13,14)15)1-2-9(6)10;11-9-5-6(18-17-16-12)4-8-7(9)2-1-3-10(8)19(13,14)15/h2*1-5,11-12H,(H,13,14,15). The second-order valence-electron chi connectivity index (χ2n) is 7.02. The Kier molecular flexibility index (Phi) is 9.75. The van der Waals surface area contributed by atoms with E-state index in [9.17, 15) is 27.0 Å². The molecule has 0 atom stereocenters. The molecule has 0 heterocycles. The molecule has 0 aliphatic carbocycles. The first-order chi connectivity index (χ1) is 17.8. The van der Waals surface area contributed by atoms with Crippen LogP contribution < -0.4 is 0 Å². The van der Waals surface area contributed by atoms with E-state index in [2.05, 4.69) is 18.7 Å². The van der Waals surface area contributed by atoms with Gasteiger partial charge in [-0.3, -0.25) is 9.11 Å². The van der Waals surface area contributed by atoms with Crippen molar-refractivity contribution < 1.29 is 65.4 Å². The number of phenolic OH excluding ortho intramolecular Hbond substituents is 2. The summed E-state index contributed by atoms with van der Waals surface area (Å²) in [5.41, 5.74) is 0. The molecule has 0 aromatic heterocycles. The molecule has 4 aromatic rings. The van der Waals surface area contributed by atoms with Gasteiger partial charge in [0.2, 0.25) is 0 Å². The van der Waals surface area contributed by atoms with Crippen LogP contribution in [0.1, 0.15) is 0 Å². The molecule has 0 aliphatic heterocycles. The highest BCUT2D eigenvalue weighted by atomic mass is 32.2. The minimum Gasteiger partial charge on any atom is -0.507 e. The summed E-state index contributed by atoms with van der Waals surface area (Å²) in [6.07, 6.45) is 0. The van der Waals surface area contributed by atoms with Crippen LogP contribution in [0, 0.1) is 0 Å². The van der Waals surface area contributed by atoms with Crippen molar-refractivity contribution in [2.45, 2.75) is 19.6 Å². The van der Waals surface area contributed by atoms with E-state index in [-0.39, 0.29) is 37.0 Å². The fraction of sp³-hybridized carbons (Fsp3) is 0. The quantitative estimate of drug-likeness (QED) is 0.0703. The van der Waals surface area contributed by atoms with Gasteiger partial charge in [0.05, 0.1) is 29.0 Å². The normalized spacial score (nSPS) is 11.9. The molecule has 0 fully saturated rings. The van der Waals surface area contributed by atoms with E-state index < -0.39 is 20.2 Å². The first kappa shape index (κ1) is 29.8. The molecule has 0 saturated carbocycles. The maximum absolute atomic E-state index is 11.3. The molecule has 38 heavy (non-hydrogen) atoms. The van der Waals surface area contributed by atoms with Gasteiger partial charge in [0.1, 0.15) is 16.4 Å². The van der Waals surface area contributed by atoms with E-state index in [0.717, 1.165) is 0 Å². The van der Waals surface area contributed by atoms with Gasteiger partial charge in [-0.2, -0.15) is 16.8 Å². The van der Waals surface area contributed by atoms with Crippen LogP contribution in [0.4, 0.5) is 0 Å². The van der Waals surface area contributed by atoms with Crippen LogP contribution in [-0.2, 0) is 39.0 Å². The highest BCUT2D eigenvalue weighted by Crippen LogP contribution is 2.35. The Balaban J connectivity index is 0.000000211. The predicted molar refractivity (Wildman–Crippen MR) is 132 cm³/mol. The van der Waals surface area contributed by atoms with Crippen LogP contribution in [0.3, 0.4) is 0 Å². The molecule has 0 unspecified atom stereocenters. The highest BCUT2D eigenvalue weighted by Gasteiger charge is 2.16. The zero-order chi connectivity index (χ0) is 28.1. The minimum absolute atomic E-state index is 0.108. The van der Waals surface area contributed by atoms with Crippen molar-refractivity contribution in [3.05, 3.63) is 60.7 Å². The Morgan fingerprint density at radius 2 is 1.21 bits per heavy atom. The number of rotatable bonds is 8.